The lowest BCUT2D eigenvalue weighted by atomic mass is 9.80. The minimum Gasteiger partial charge on any atom is -0.377 e. The molecule has 1 aliphatic rings. The molecule has 0 aromatic rings. The van der Waals surface area contributed by atoms with Crippen molar-refractivity contribution in [1.29, 1.82) is 0 Å². The van der Waals surface area contributed by atoms with Gasteiger partial charge in [0.2, 0.25) is 5.91 Å². The van der Waals surface area contributed by atoms with E-state index in [1.165, 1.54) is 0 Å². The SMILES string of the molecule is CCC(CC)(CN)C(=O)N1CCOCC1C. The number of amides is 1. The molecule has 94 valence electrons. The molecule has 4 nitrogen and oxygen atoms in total. The highest BCUT2D eigenvalue weighted by molar-refractivity contribution is 5.83. The molecule has 2 N–H and O–H groups in total. The second-order valence-electron chi connectivity index (χ2n) is 4.61. The van der Waals surface area contributed by atoms with Gasteiger partial charge in [0.15, 0.2) is 0 Å². The molecule has 0 saturated carbocycles. The third kappa shape index (κ3) is 2.38. The van der Waals surface area contributed by atoms with Crippen molar-refractivity contribution in [3.63, 3.8) is 0 Å². The Morgan fingerprint density at radius 2 is 2.12 bits per heavy atom. The van der Waals surface area contributed by atoms with E-state index in [9.17, 15) is 4.79 Å². The second kappa shape index (κ2) is 5.64. The lowest BCUT2D eigenvalue weighted by Gasteiger charge is -2.40. The summed E-state index contributed by atoms with van der Waals surface area (Å²) in [7, 11) is 0. The normalized spacial score (nSPS) is 22.2. The summed E-state index contributed by atoms with van der Waals surface area (Å²) in [6, 6.07) is 0.172. The molecule has 4 heteroatoms. The smallest absolute Gasteiger partial charge is 0.230 e. The van der Waals surface area contributed by atoms with Crippen molar-refractivity contribution in [1.82, 2.24) is 4.90 Å². The fourth-order valence-electron chi connectivity index (χ4n) is 2.26. The van der Waals surface area contributed by atoms with Crippen molar-refractivity contribution in [3.8, 4) is 0 Å². The van der Waals surface area contributed by atoms with Crippen LogP contribution >= 0.6 is 0 Å². The molecule has 0 aromatic carbocycles. The highest BCUT2D eigenvalue weighted by Crippen LogP contribution is 2.29. The van der Waals surface area contributed by atoms with Gasteiger partial charge < -0.3 is 15.4 Å². The maximum atomic E-state index is 12.5. The lowest BCUT2D eigenvalue weighted by Crippen LogP contribution is -2.54. The summed E-state index contributed by atoms with van der Waals surface area (Å²) in [6.07, 6.45) is 1.62. The van der Waals surface area contributed by atoms with Crippen LogP contribution in [0.2, 0.25) is 0 Å². The van der Waals surface area contributed by atoms with Crippen LogP contribution in [0.25, 0.3) is 0 Å². The van der Waals surface area contributed by atoms with Crippen molar-refractivity contribution >= 4 is 5.91 Å². The monoisotopic (exact) mass is 228 g/mol. The number of hydrogen-bond acceptors (Lipinski definition) is 3. The average Bonchev–Trinajstić information content (AvgIpc) is 2.32. The summed E-state index contributed by atoms with van der Waals surface area (Å²) in [5.41, 5.74) is 5.43. The standard InChI is InChI=1S/C12H24N2O2/c1-4-12(5-2,9-13)11(15)14-6-7-16-8-10(14)3/h10H,4-9,13H2,1-3H3. The molecule has 0 spiro atoms. The Morgan fingerprint density at radius 1 is 1.50 bits per heavy atom. The summed E-state index contributed by atoms with van der Waals surface area (Å²) < 4.78 is 5.35. The van der Waals surface area contributed by atoms with Crippen LogP contribution in [0.3, 0.4) is 0 Å². The first-order valence-electron chi connectivity index (χ1n) is 6.20. The molecule has 1 heterocycles. The Morgan fingerprint density at radius 3 is 2.56 bits per heavy atom. The van der Waals surface area contributed by atoms with Crippen LogP contribution in [0.4, 0.5) is 0 Å². The van der Waals surface area contributed by atoms with Gasteiger partial charge in [-0.25, -0.2) is 0 Å². The van der Waals surface area contributed by atoms with E-state index < -0.39 is 0 Å². The molecule has 1 aliphatic heterocycles. The van der Waals surface area contributed by atoms with Gasteiger partial charge in [0.25, 0.3) is 0 Å². The van der Waals surface area contributed by atoms with Crippen LogP contribution in [-0.2, 0) is 9.53 Å². The Hall–Kier alpha value is -0.610. The molecule has 16 heavy (non-hydrogen) atoms. The molecular formula is C12H24N2O2. The fraction of sp³-hybridized carbons (Fsp3) is 0.917. The van der Waals surface area contributed by atoms with E-state index in [2.05, 4.69) is 0 Å². The van der Waals surface area contributed by atoms with E-state index >= 15 is 0 Å². The largest absolute Gasteiger partial charge is 0.377 e. The van der Waals surface area contributed by atoms with Gasteiger partial charge in [-0.1, -0.05) is 13.8 Å². The number of rotatable bonds is 4. The zero-order valence-corrected chi connectivity index (χ0v) is 10.7. The maximum absolute atomic E-state index is 12.5. The molecule has 1 unspecified atom stereocenters. The van der Waals surface area contributed by atoms with E-state index in [4.69, 9.17) is 10.5 Å². The second-order valence-corrected chi connectivity index (χ2v) is 4.61. The highest BCUT2D eigenvalue weighted by Gasteiger charge is 2.39. The van der Waals surface area contributed by atoms with E-state index in [-0.39, 0.29) is 17.4 Å². The summed E-state index contributed by atoms with van der Waals surface area (Å²) in [5, 5.41) is 0. The van der Waals surface area contributed by atoms with Crippen molar-refractivity contribution in [2.75, 3.05) is 26.3 Å². The van der Waals surface area contributed by atoms with Gasteiger partial charge in [0, 0.05) is 13.1 Å². The van der Waals surface area contributed by atoms with E-state index in [1.54, 1.807) is 0 Å². The Balaban J connectivity index is 2.80. The van der Waals surface area contributed by atoms with E-state index in [1.807, 2.05) is 25.7 Å². The van der Waals surface area contributed by atoms with Gasteiger partial charge >= 0.3 is 0 Å². The van der Waals surface area contributed by atoms with Gasteiger partial charge in [0.05, 0.1) is 24.7 Å². The van der Waals surface area contributed by atoms with Crippen LogP contribution in [0.5, 0.6) is 0 Å². The summed E-state index contributed by atoms with van der Waals surface area (Å²) >= 11 is 0. The first-order valence-corrected chi connectivity index (χ1v) is 6.20. The highest BCUT2D eigenvalue weighted by atomic mass is 16.5. The van der Waals surface area contributed by atoms with Crippen molar-refractivity contribution in [3.05, 3.63) is 0 Å². The lowest BCUT2D eigenvalue weighted by molar-refractivity contribution is -0.150. The molecule has 1 rings (SSSR count). The van der Waals surface area contributed by atoms with Gasteiger partial charge in [-0.05, 0) is 19.8 Å². The topological polar surface area (TPSA) is 55.6 Å². The Kier molecular flexibility index (Phi) is 4.74. The Bertz CT molecular complexity index is 231. The first-order chi connectivity index (χ1) is 7.61. The number of nitrogens with zero attached hydrogens (tertiary/aromatic N) is 1. The molecule has 0 radical (unpaired) electrons. The van der Waals surface area contributed by atoms with Crippen LogP contribution in [0.1, 0.15) is 33.6 Å². The quantitative estimate of drug-likeness (QED) is 0.781. The van der Waals surface area contributed by atoms with Gasteiger partial charge in [0.1, 0.15) is 0 Å². The van der Waals surface area contributed by atoms with Crippen LogP contribution < -0.4 is 5.73 Å². The zero-order chi connectivity index (χ0) is 12.2. The molecular weight excluding hydrogens is 204 g/mol. The van der Waals surface area contributed by atoms with Gasteiger partial charge in [-0.3, -0.25) is 4.79 Å². The molecule has 1 saturated heterocycles. The molecule has 1 fully saturated rings. The number of morpholine rings is 1. The van der Waals surface area contributed by atoms with Gasteiger partial charge in [-0.15, -0.1) is 0 Å². The average molecular weight is 228 g/mol. The predicted octanol–water partition coefficient (Wildman–Crippen LogP) is 0.999. The van der Waals surface area contributed by atoms with Crippen LogP contribution in [-0.4, -0.2) is 43.2 Å². The minimum atomic E-state index is -0.369. The summed E-state index contributed by atoms with van der Waals surface area (Å²) in [5.74, 6) is 0.204. The van der Waals surface area contributed by atoms with Crippen LogP contribution in [0.15, 0.2) is 0 Å². The molecule has 1 amide bonds. The number of carbonyl (C=O) groups excluding carboxylic acids is 1. The van der Waals surface area contributed by atoms with Crippen molar-refractivity contribution in [2.45, 2.75) is 39.7 Å². The van der Waals surface area contributed by atoms with E-state index in [0.717, 1.165) is 12.8 Å². The summed E-state index contributed by atoms with van der Waals surface area (Å²) in [6.45, 7) is 8.52. The number of nitrogens with two attached hydrogens (primary N) is 1. The summed E-state index contributed by atoms with van der Waals surface area (Å²) in [4.78, 5) is 14.4. The van der Waals surface area contributed by atoms with Gasteiger partial charge in [-0.2, -0.15) is 0 Å². The van der Waals surface area contributed by atoms with Crippen LogP contribution in [0, 0.1) is 5.41 Å². The molecule has 0 aliphatic carbocycles. The fourth-order valence-corrected chi connectivity index (χ4v) is 2.26. The van der Waals surface area contributed by atoms with Crippen molar-refractivity contribution in [2.24, 2.45) is 11.1 Å². The van der Waals surface area contributed by atoms with Crippen molar-refractivity contribution < 1.29 is 9.53 Å². The third-order valence-electron chi connectivity index (χ3n) is 3.83. The molecule has 0 aromatic heterocycles. The molecule has 0 bridgehead atoms. The molecule has 1 atom stereocenters. The number of ether oxygens (including phenoxy) is 1. The maximum Gasteiger partial charge on any atom is 0.230 e. The third-order valence-corrected chi connectivity index (χ3v) is 3.83. The Labute approximate surface area is 98.1 Å². The van der Waals surface area contributed by atoms with E-state index in [0.29, 0.717) is 26.3 Å². The number of carbonyl (C=O) groups is 1. The minimum absolute atomic E-state index is 0.172. The zero-order valence-electron chi connectivity index (χ0n) is 10.7. The number of hydrogen-bond donors (Lipinski definition) is 1. The first kappa shape index (κ1) is 13.5. The predicted molar refractivity (Wildman–Crippen MR) is 64.1 cm³/mol.